The van der Waals surface area contributed by atoms with Crippen LogP contribution in [0.4, 0.5) is 0 Å². The second kappa shape index (κ2) is 5.38. The summed E-state index contributed by atoms with van der Waals surface area (Å²) in [5.74, 6) is 0.244. The zero-order valence-corrected chi connectivity index (χ0v) is 11.4. The third kappa shape index (κ3) is 2.90. The normalized spacial score (nSPS) is 24.6. The summed E-state index contributed by atoms with van der Waals surface area (Å²) in [6.07, 6.45) is 6.12. The number of rotatable bonds is 5. The highest BCUT2D eigenvalue weighted by Crippen LogP contribution is 2.23. The quantitative estimate of drug-likeness (QED) is 0.807. The van der Waals surface area contributed by atoms with E-state index in [4.69, 9.17) is 5.73 Å². The van der Waals surface area contributed by atoms with Crippen LogP contribution in [0.5, 0.6) is 0 Å². The molecule has 1 aliphatic carbocycles. The van der Waals surface area contributed by atoms with Crippen molar-refractivity contribution in [1.29, 1.82) is 0 Å². The molecule has 1 aromatic rings. The highest BCUT2D eigenvalue weighted by Gasteiger charge is 2.26. The number of nitrogens with two attached hydrogens (primary N) is 1. The molecular weight excluding hydrogens is 252 g/mol. The first-order valence-corrected chi connectivity index (χ1v) is 7.78. The maximum Gasteiger partial charge on any atom is 0.259 e. The molecule has 0 aliphatic heterocycles. The Hall–Kier alpha value is -0.920. The van der Waals surface area contributed by atoms with Crippen LogP contribution in [0.15, 0.2) is 17.6 Å². The summed E-state index contributed by atoms with van der Waals surface area (Å²) in [7, 11) is -3.50. The molecule has 0 amide bonds. The second-order valence-corrected chi connectivity index (χ2v) is 6.46. The minimum atomic E-state index is -3.50. The first kappa shape index (κ1) is 13.5. The predicted molar refractivity (Wildman–Crippen MR) is 68.4 cm³/mol. The Morgan fingerprint density at radius 3 is 2.89 bits per heavy atom. The summed E-state index contributed by atoms with van der Waals surface area (Å²) in [4.78, 5) is 3.90. The van der Waals surface area contributed by atoms with Crippen molar-refractivity contribution in [3.05, 3.63) is 12.5 Å². The Bertz CT molecular complexity index is 497. The molecule has 2 unspecified atom stereocenters. The molecule has 1 heterocycles. The first-order chi connectivity index (χ1) is 8.53. The molecule has 6 nitrogen and oxygen atoms in total. The highest BCUT2D eigenvalue weighted by atomic mass is 32.2. The average molecular weight is 272 g/mol. The number of imidazole rings is 1. The van der Waals surface area contributed by atoms with Gasteiger partial charge in [-0.25, -0.2) is 18.1 Å². The molecule has 102 valence electrons. The van der Waals surface area contributed by atoms with E-state index in [1.54, 1.807) is 4.57 Å². The molecular formula is C11H20N4O2S. The maximum absolute atomic E-state index is 12.0. The molecule has 2 rings (SSSR count). The summed E-state index contributed by atoms with van der Waals surface area (Å²) >= 11 is 0. The standard InChI is InChI=1S/C11H20N4O2S/c1-2-15-7-11(13-8-15)18(16,17)14-6-9-4-3-5-10(9)12/h7-10,14H,2-6,12H2,1H3. The molecule has 1 aromatic heterocycles. The number of nitrogens with zero attached hydrogens (tertiary/aromatic N) is 2. The van der Waals surface area contributed by atoms with Crippen LogP contribution in [-0.4, -0.2) is 30.6 Å². The van der Waals surface area contributed by atoms with E-state index in [9.17, 15) is 8.42 Å². The van der Waals surface area contributed by atoms with Crippen molar-refractivity contribution in [1.82, 2.24) is 14.3 Å². The van der Waals surface area contributed by atoms with Crippen LogP contribution >= 0.6 is 0 Å². The van der Waals surface area contributed by atoms with Crippen molar-refractivity contribution in [3.8, 4) is 0 Å². The van der Waals surface area contributed by atoms with Gasteiger partial charge in [0.1, 0.15) is 0 Å². The van der Waals surface area contributed by atoms with Crippen LogP contribution in [0.1, 0.15) is 26.2 Å². The average Bonchev–Trinajstić information content (AvgIpc) is 2.95. The fraction of sp³-hybridized carbons (Fsp3) is 0.727. The van der Waals surface area contributed by atoms with E-state index in [0.717, 1.165) is 19.3 Å². The van der Waals surface area contributed by atoms with Crippen LogP contribution in [0.2, 0.25) is 0 Å². The van der Waals surface area contributed by atoms with E-state index in [1.165, 1.54) is 12.5 Å². The van der Waals surface area contributed by atoms with Crippen LogP contribution in [0, 0.1) is 5.92 Å². The van der Waals surface area contributed by atoms with Crippen molar-refractivity contribution >= 4 is 10.0 Å². The molecule has 7 heteroatoms. The number of hydrogen-bond acceptors (Lipinski definition) is 4. The molecule has 1 saturated carbocycles. The summed E-state index contributed by atoms with van der Waals surface area (Å²) in [5.41, 5.74) is 5.92. The maximum atomic E-state index is 12.0. The van der Waals surface area contributed by atoms with Gasteiger partial charge in [0.25, 0.3) is 10.0 Å². The lowest BCUT2D eigenvalue weighted by Gasteiger charge is -2.15. The zero-order chi connectivity index (χ0) is 13.2. The Balaban J connectivity index is 1.98. The fourth-order valence-corrected chi connectivity index (χ4v) is 3.30. The van der Waals surface area contributed by atoms with Gasteiger partial charge in [-0.05, 0) is 25.7 Å². The van der Waals surface area contributed by atoms with Gasteiger partial charge in [0.2, 0.25) is 0 Å². The predicted octanol–water partition coefficient (Wildman–Crippen LogP) is 0.309. The molecule has 0 radical (unpaired) electrons. The van der Waals surface area contributed by atoms with E-state index in [2.05, 4.69) is 9.71 Å². The lowest BCUT2D eigenvalue weighted by molar-refractivity contribution is 0.469. The van der Waals surface area contributed by atoms with Crippen LogP contribution < -0.4 is 10.5 Å². The zero-order valence-electron chi connectivity index (χ0n) is 10.5. The van der Waals surface area contributed by atoms with Gasteiger partial charge in [0, 0.05) is 25.3 Å². The van der Waals surface area contributed by atoms with E-state index in [1.807, 2.05) is 6.92 Å². The summed E-state index contributed by atoms with van der Waals surface area (Å²) in [6.45, 7) is 3.04. The van der Waals surface area contributed by atoms with Crippen LogP contribution in [-0.2, 0) is 16.6 Å². The smallest absolute Gasteiger partial charge is 0.259 e. The van der Waals surface area contributed by atoms with Gasteiger partial charge in [0.05, 0.1) is 6.33 Å². The highest BCUT2D eigenvalue weighted by molar-refractivity contribution is 7.89. The molecule has 2 atom stereocenters. The van der Waals surface area contributed by atoms with Crippen LogP contribution in [0.25, 0.3) is 0 Å². The lowest BCUT2D eigenvalue weighted by Crippen LogP contribution is -2.36. The Labute approximate surface area is 108 Å². The van der Waals surface area contributed by atoms with Gasteiger partial charge in [-0.1, -0.05) is 6.42 Å². The Morgan fingerprint density at radius 2 is 2.33 bits per heavy atom. The van der Waals surface area contributed by atoms with Gasteiger partial charge < -0.3 is 10.3 Å². The number of sulfonamides is 1. The van der Waals surface area contributed by atoms with Gasteiger partial charge >= 0.3 is 0 Å². The van der Waals surface area contributed by atoms with Gasteiger partial charge in [0.15, 0.2) is 5.03 Å². The van der Waals surface area contributed by atoms with Crippen molar-refractivity contribution < 1.29 is 8.42 Å². The summed E-state index contributed by atoms with van der Waals surface area (Å²) in [6, 6.07) is 0.112. The first-order valence-electron chi connectivity index (χ1n) is 6.30. The molecule has 18 heavy (non-hydrogen) atoms. The SMILES string of the molecule is CCn1cnc(S(=O)(=O)NCC2CCCC2N)c1. The van der Waals surface area contributed by atoms with Gasteiger partial charge in [-0.2, -0.15) is 0 Å². The number of aryl methyl sites for hydroxylation is 1. The van der Waals surface area contributed by atoms with Crippen LogP contribution in [0.3, 0.4) is 0 Å². The van der Waals surface area contributed by atoms with Crippen molar-refractivity contribution in [2.24, 2.45) is 11.7 Å². The number of hydrogen-bond donors (Lipinski definition) is 2. The van der Waals surface area contributed by atoms with Crippen molar-refractivity contribution in [2.45, 2.75) is 43.8 Å². The topological polar surface area (TPSA) is 90.0 Å². The van der Waals surface area contributed by atoms with E-state index in [-0.39, 0.29) is 17.0 Å². The number of aromatic nitrogens is 2. The fourth-order valence-electron chi connectivity index (χ4n) is 2.26. The number of nitrogens with one attached hydrogen (secondary N) is 1. The van der Waals surface area contributed by atoms with E-state index >= 15 is 0 Å². The molecule has 3 N–H and O–H groups in total. The third-order valence-electron chi connectivity index (χ3n) is 3.50. The summed E-state index contributed by atoms with van der Waals surface area (Å²) in [5, 5.41) is 0.0796. The summed E-state index contributed by atoms with van der Waals surface area (Å²) < 4.78 is 28.3. The third-order valence-corrected chi connectivity index (χ3v) is 4.81. The second-order valence-electron chi connectivity index (χ2n) is 4.75. The van der Waals surface area contributed by atoms with Gasteiger partial charge in [-0.15, -0.1) is 0 Å². The van der Waals surface area contributed by atoms with E-state index < -0.39 is 10.0 Å². The molecule has 0 spiro atoms. The minimum absolute atomic E-state index is 0.0796. The van der Waals surface area contributed by atoms with Gasteiger partial charge in [-0.3, -0.25) is 0 Å². The Kier molecular flexibility index (Phi) is 4.04. The molecule has 1 fully saturated rings. The molecule has 0 saturated heterocycles. The lowest BCUT2D eigenvalue weighted by atomic mass is 10.1. The minimum Gasteiger partial charge on any atom is -0.336 e. The monoisotopic (exact) mass is 272 g/mol. The van der Waals surface area contributed by atoms with Crippen molar-refractivity contribution in [2.75, 3.05) is 6.54 Å². The Morgan fingerprint density at radius 1 is 1.56 bits per heavy atom. The molecule has 0 aromatic carbocycles. The largest absolute Gasteiger partial charge is 0.336 e. The molecule has 1 aliphatic rings. The van der Waals surface area contributed by atoms with Crippen molar-refractivity contribution in [3.63, 3.8) is 0 Å². The van der Waals surface area contributed by atoms with E-state index in [0.29, 0.717) is 13.1 Å². The molecule has 0 bridgehead atoms.